The van der Waals surface area contributed by atoms with Gasteiger partial charge >= 0.3 is 0 Å². The lowest BCUT2D eigenvalue weighted by Crippen LogP contribution is -3.12. The van der Waals surface area contributed by atoms with Crippen LogP contribution < -0.4 is 20.4 Å². The first-order valence-corrected chi connectivity index (χ1v) is 10.8. The number of quaternary nitrogens is 2. The van der Waals surface area contributed by atoms with Crippen LogP contribution in [0.4, 0.5) is 5.69 Å². The molecule has 1 heterocycles. The van der Waals surface area contributed by atoms with Gasteiger partial charge in [0, 0.05) is 30.1 Å². The molecular weight excluding hydrogens is 376 g/mol. The molecule has 1 atom stereocenters. The summed E-state index contributed by atoms with van der Waals surface area (Å²) in [6.45, 7) is 5.77. The van der Waals surface area contributed by atoms with Gasteiger partial charge in [-0.1, -0.05) is 48.0 Å². The number of hydrogen-bond donors (Lipinski definition) is 4. The van der Waals surface area contributed by atoms with Crippen LogP contribution in [0.25, 0.3) is 0 Å². The molecule has 6 heteroatoms. The van der Waals surface area contributed by atoms with Gasteiger partial charge in [0.15, 0.2) is 13.1 Å². The molecule has 0 aliphatic carbocycles. The van der Waals surface area contributed by atoms with Gasteiger partial charge in [-0.05, 0) is 19.1 Å². The van der Waals surface area contributed by atoms with Crippen LogP contribution in [-0.2, 0) is 16.1 Å². The molecule has 4 N–H and O–H groups in total. The Bertz CT molecular complexity index is 815. The van der Waals surface area contributed by atoms with Gasteiger partial charge in [0.1, 0.15) is 6.54 Å². The molecule has 0 bridgehead atoms. The van der Waals surface area contributed by atoms with Crippen molar-refractivity contribution in [3.05, 3.63) is 65.7 Å². The molecule has 2 aromatic carbocycles. The Labute approximate surface area is 179 Å². The number of rotatable bonds is 8. The van der Waals surface area contributed by atoms with Crippen molar-refractivity contribution in [2.24, 2.45) is 0 Å². The number of hydrogen-bond acceptors (Lipinski definition) is 2. The average molecular weight is 411 g/mol. The van der Waals surface area contributed by atoms with Gasteiger partial charge in [0.2, 0.25) is 0 Å². The number of likely N-dealkylation sites (N-methyl/N-ethyl adjacent to an activating group) is 1. The van der Waals surface area contributed by atoms with E-state index in [9.17, 15) is 9.59 Å². The van der Waals surface area contributed by atoms with E-state index >= 15 is 0 Å². The number of carbonyl (C=O) groups excluding carboxylic acids is 2. The molecule has 2 amide bonds. The maximum absolute atomic E-state index is 12.4. The number of anilines is 1. The highest BCUT2D eigenvalue weighted by Gasteiger charge is 2.24. The second-order valence-corrected chi connectivity index (χ2v) is 8.48. The third kappa shape index (κ3) is 7.28. The molecule has 0 radical (unpaired) electrons. The SMILES string of the molecule is Cc1ccc(NC(=O)C[NH+](C)CC(=O)NC2CC[NH+](Cc3ccccc3)CC2)cc1. The van der Waals surface area contributed by atoms with Gasteiger partial charge < -0.3 is 20.4 Å². The molecular formula is C24H34N4O2+2. The third-order valence-electron chi connectivity index (χ3n) is 5.61. The second-order valence-electron chi connectivity index (χ2n) is 8.48. The predicted molar refractivity (Wildman–Crippen MR) is 118 cm³/mol. The summed E-state index contributed by atoms with van der Waals surface area (Å²) in [4.78, 5) is 27.1. The van der Waals surface area contributed by atoms with Crippen LogP contribution in [0.5, 0.6) is 0 Å². The fourth-order valence-corrected chi connectivity index (χ4v) is 3.96. The summed E-state index contributed by atoms with van der Waals surface area (Å²) in [5.74, 6) is -0.0610. The van der Waals surface area contributed by atoms with Gasteiger partial charge in [0.05, 0.1) is 20.1 Å². The molecule has 0 saturated carbocycles. The minimum absolute atomic E-state index is 0.0205. The summed E-state index contributed by atoms with van der Waals surface area (Å²) < 4.78 is 0. The van der Waals surface area contributed by atoms with Crippen LogP contribution in [0.2, 0.25) is 0 Å². The summed E-state index contributed by atoms with van der Waals surface area (Å²) in [5.41, 5.74) is 3.30. The summed E-state index contributed by atoms with van der Waals surface area (Å²) in [6, 6.07) is 18.5. The van der Waals surface area contributed by atoms with Gasteiger partial charge in [-0.2, -0.15) is 0 Å². The summed E-state index contributed by atoms with van der Waals surface area (Å²) in [5, 5.41) is 6.04. The van der Waals surface area contributed by atoms with E-state index in [4.69, 9.17) is 0 Å². The topological polar surface area (TPSA) is 67.1 Å². The number of aryl methyl sites for hydroxylation is 1. The lowest BCUT2D eigenvalue weighted by Gasteiger charge is -2.30. The standard InChI is InChI=1S/C24H32N4O2/c1-19-8-10-21(11-9-19)25-23(29)17-27(2)18-24(30)26-22-12-14-28(15-13-22)16-20-6-4-3-5-7-20/h3-11,22H,12-18H2,1-2H3,(H,25,29)(H,26,30)/p+2. The Hall–Kier alpha value is -2.70. The average Bonchev–Trinajstić information content (AvgIpc) is 2.71. The molecule has 1 saturated heterocycles. The van der Waals surface area contributed by atoms with Gasteiger partial charge in [-0.3, -0.25) is 9.59 Å². The molecule has 160 valence electrons. The number of piperidine rings is 1. The Morgan fingerprint density at radius 2 is 1.60 bits per heavy atom. The van der Waals surface area contributed by atoms with Crippen LogP contribution >= 0.6 is 0 Å². The Morgan fingerprint density at radius 3 is 2.27 bits per heavy atom. The molecule has 30 heavy (non-hydrogen) atoms. The highest BCUT2D eigenvalue weighted by atomic mass is 16.2. The molecule has 3 rings (SSSR count). The summed E-state index contributed by atoms with van der Waals surface area (Å²) in [7, 11) is 1.88. The molecule has 1 aliphatic heterocycles. The van der Waals surface area contributed by atoms with E-state index in [0.717, 1.165) is 48.6 Å². The fraction of sp³-hybridized carbons (Fsp3) is 0.417. The highest BCUT2D eigenvalue weighted by molar-refractivity contribution is 5.91. The third-order valence-corrected chi connectivity index (χ3v) is 5.61. The first-order chi connectivity index (χ1) is 14.5. The van der Waals surface area contributed by atoms with E-state index < -0.39 is 0 Å². The van der Waals surface area contributed by atoms with Gasteiger partial charge in [-0.25, -0.2) is 0 Å². The summed E-state index contributed by atoms with van der Waals surface area (Å²) >= 11 is 0. The van der Waals surface area contributed by atoms with E-state index in [-0.39, 0.29) is 24.4 Å². The van der Waals surface area contributed by atoms with Gasteiger partial charge in [-0.15, -0.1) is 0 Å². The van der Waals surface area contributed by atoms with Crippen molar-refractivity contribution in [2.45, 2.75) is 32.4 Å². The lowest BCUT2D eigenvalue weighted by atomic mass is 10.0. The van der Waals surface area contributed by atoms with E-state index in [1.807, 2.05) is 44.3 Å². The lowest BCUT2D eigenvalue weighted by molar-refractivity contribution is -0.918. The number of amides is 2. The Balaban J connectivity index is 1.34. The van der Waals surface area contributed by atoms with Crippen LogP contribution in [0.15, 0.2) is 54.6 Å². The molecule has 0 spiro atoms. The molecule has 6 nitrogen and oxygen atoms in total. The monoisotopic (exact) mass is 410 g/mol. The van der Waals surface area contributed by atoms with E-state index in [2.05, 4.69) is 34.9 Å². The summed E-state index contributed by atoms with van der Waals surface area (Å²) in [6.07, 6.45) is 2.00. The minimum Gasteiger partial charge on any atom is -0.348 e. The number of nitrogens with one attached hydrogen (secondary N) is 4. The van der Waals surface area contributed by atoms with Crippen molar-refractivity contribution >= 4 is 17.5 Å². The maximum Gasteiger partial charge on any atom is 0.279 e. The van der Waals surface area contributed by atoms with Crippen LogP contribution in [0.3, 0.4) is 0 Å². The van der Waals surface area contributed by atoms with Crippen LogP contribution in [-0.4, -0.2) is 51.1 Å². The normalized spacial score (nSPS) is 19.7. The van der Waals surface area contributed by atoms with Crippen LogP contribution in [0.1, 0.15) is 24.0 Å². The van der Waals surface area contributed by atoms with Crippen molar-refractivity contribution in [1.82, 2.24) is 5.32 Å². The number of carbonyl (C=O) groups is 2. The predicted octanol–water partition coefficient (Wildman–Crippen LogP) is -0.188. The van der Waals surface area contributed by atoms with Crippen molar-refractivity contribution in [2.75, 3.05) is 38.5 Å². The number of likely N-dealkylation sites (tertiary alicyclic amines) is 1. The van der Waals surface area contributed by atoms with E-state index in [1.54, 1.807) is 4.90 Å². The first-order valence-electron chi connectivity index (χ1n) is 10.8. The zero-order valence-electron chi connectivity index (χ0n) is 18.0. The molecule has 2 aromatic rings. The fourth-order valence-electron chi connectivity index (χ4n) is 3.96. The molecule has 0 aromatic heterocycles. The first kappa shape index (κ1) is 22.0. The van der Waals surface area contributed by atoms with Crippen molar-refractivity contribution in [1.29, 1.82) is 0 Å². The van der Waals surface area contributed by atoms with E-state index in [1.165, 1.54) is 5.56 Å². The maximum atomic E-state index is 12.4. The van der Waals surface area contributed by atoms with E-state index in [0.29, 0.717) is 6.54 Å². The molecule has 1 aliphatic rings. The van der Waals surface area contributed by atoms with Crippen LogP contribution in [0, 0.1) is 6.92 Å². The Morgan fingerprint density at radius 1 is 0.967 bits per heavy atom. The van der Waals surface area contributed by atoms with Crippen molar-refractivity contribution in [3.8, 4) is 0 Å². The van der Waals surface area contributed by atoms with Gasteiger partial charge in [0.25, 0.3) is 11.8 Å². The quantitative estimate of drug-likeness (QED) is 0.488. The molecule has 1 unspecified atom stereocenters. The second kappa shape index (κ2) is 10.9. The smallest absolute Gasteiger partial charge is 0.279 e. The zero-order valence-corrected chi connectivity index (χ0v) is 18.0. The largest absolute Gasteiger partial charge is 0.348 e. The minimum atomic E-state index is -0.0815. The number of benzene rings is 2. The highest BCUT2D eigenvalue weighted by Crippen LogP contribution is 2.07. The van der Waals surface area contributed by atoms with Crippen molar-refractivity contribution in [3.63, 3.8) is 0 Å². The van der Waals surface area contributed by atoms with Crippen molar-refractivity contribution < 1.29 is 19.4 Å². The Kier molecular flexibility index (Phi) is 7.99. The zero-order chi connectivity index (χ0) is 21.3. The molecule has 1 fully saturated rings.